The average Bonchev–Trinajstić information content (AvgIpc) is 3.02. The number of carbonyl (C=O) groups excluding carboxylic acids is 1. The monoisotopic (exact) mass is 390 g/mol. The number of likely N-dealkylation sites (tertiary alicyclic amines) is 1. The van der Waals surface area contributed by atoms with E-state index in [-0.39, 0.29) is 11.9 Å². The zero-order valence-electron chi connectivity index (χ0n) is 13.9. The topological polar surface area (TPSA) is 45.5 Å². The van der Waals surface area contributed by atoms with E-state index in [1.54, 1.807) is 0 Å². The number of nitrogens with zero attached hydrogens (tertiary/aromatic N) is 1. The molecule has 1 unspecified atom stereocenters. The van der Waals surface area contributed by atoms with Gasteiger partial charge in [0.1, 0.15) is 11.5 Å². The molecule has 0 bridgehead atoms. The Morgan fingerprint density at radius 1 is 1.17 bits per heavy atom. The lowest BCUT2D eigenvalue weighted by Gasteiger charge is -2.33. The number of nitrogens with one attached hydrogen (secondary N) is 1. The van der Waals surface area contributed by atoms with E-state index in [1.165, 1.54) is 19.3 Å². The summed E-state index contributed by atoms with van der Waals surface area (Å²) in [4.78, 5) is 14.8. The van der Waals surface area contributed by atoms with E-state index in [9.17, 15) is 4.79 Å². The molecule has 1 aromatic heterocycles. The van der Waals surface area contributed by atoms with Gasteiger partial charge in [-0.05, 0) is 69.3 Å². The molecule has 24 heavy (non-hydrogen) atoms. The highest BCUT2D eigenvalue weighted by molar-refractivity contribution is 9.10. The number of hydrogen-bond donors (Lipinski definition) is 1. The molecule has 0 aliphatic carbocycles. The minimum absolute atomic E-state index is 0.0483. The molecule has 1 fully saturated rings. The number of aryl methyl sites for hydroxylation is 1. The Morgan fingerprint density at radius 2 is 1.88 bits per heavy atom. The number of amides is 1. The molecule has 3 rings (SSSR count). The summed E-state index contributed by atoms with van der Waals surface area (Å²) in [6, 6.07) is 11.5. The number of hydrogen-bond acceptors (Lipinski definition) is 3. The Morgan fingerprint density at radius 3 is 2.50 bits per heavy atom. The maximum absolute atomic E-state index is 12.4. The van der Waals surface area contributed by atoms with Gasteiger partial charge in [-0.2, -0.15) is 0 Å². The van der Waals surface area contributed by atoms with Gasteiger partial charge in [-0.25, -0.2) is 0 Å². The van der Waals surface area contributed by atoms with E-state index >= 15 is 0 Å². The van der Waals surface area contributed by atoms with Gasteiger partial charge in [-0.1, -0.05) is 22.4 Å². The van der Waals surface area contributed by atoms with Crippen LogP contribution in [0, 0.1) is 6.92 Å². The third-order valence-electron chi connectivity index (χ3n) is 4.48. The molecule has 2 aromatic rings. The number of rotatable bonds is 5. The molecular formula is C19H23BrN2O2. The average molecular weight is 391 g/mol. The van der Waals surface area contributed by atoms with Crippen LogP contribution in [0.1, 0.15) is 47.2 Å². The number of piperidine rings is 1. The Kier molecular flexibility index (Phi) is 5.74. The van der Waals surface area contributed by atoms with Crippen molar-refractivity contribution in [2.45, 2.75) is 32.2 Å². The summed E-state index contributed by atoms with van der Waals surface area (Å²) in [6.07, 6.45) is 3.69. The molecule has 1 saturated heterocycles. The second-order valence-electron chi connectivity index (χ2n) is 6.28. The van der Waals surface area contributed by atoms with Crippen molar-refractivity contribution in [1.29, 1.82) is 0 Å². The van der Waals surface area contributed by atoms with E-state index in [1.807, 2.05) is 43.3 Å². The van der Waals surface area contributed by atoms with E-state index in [0.717, 1.165) is 29.1 Å². The summed E-state index contributed by atoms with van der Waals surface area (Å²) in [5.41, 5.74) is 0.672. The van der Waals surface area contributed by atoms with E-state index < -0.39 is 0 Å². The lowest BCUT2D eigenvalue weighted by Crippen LogP contribution is -2.40. The van der Waals surface area contributed by atoms with Gasteiger partial charge in [0.25, 0.3) is 5.91 Å². The Bertz CT molecular complexity index is 675. The van der Waals surface area contributed by atoms with Gasteiger partial charge in [0.15, 0.2) is 0 Å². The highest BCUT2D eigenvalue weighted by atomic mass is 79.9. The van der Waals surface area contributed by atoms with Gasteiger partial charge in [-0.3, -0.25) is 9.69 Å². The predicted octanol–water partition coefficient (Wildman–Crippen LogP) is 4.31. The predicted molar refractivity (Wildman–Crippen MR) is 98.1 cm³/mol. The molecule has 1 atom stereocenters. The molecule has 1 aliphatic rings. The third kappa shape index (κ3) is 4.28. The van der Waals surface area contributed by atoms with Crippen LogP contribution < -0.4 is 5.32 Å². The van der Waals surface area contributed by atoms with Crippen LogP contribution in [-0.2, 0) is 0 Å². The Hall–Kier alpha value is -1.59. The van der Waals surface area contributed by atoms with Crippen LogP contribution in [0.5, 0.6) is 0 Å². The fourth-order valence-corrected chi connectivity index (χ4v) is 3.43. The first-order valence-corrected chi connectivity index (χ1v) is 9.27. The van der Waals surface area contributed by atoms with Crippen LogP contribution in [-0.4, -0.2) is 30.4 Å². The van der Waals surface area contributed by atoms with Gasteiger partial charge < -0.3 is 9.73 Å². The van der Waals surface area contributed by atoms with Crippen LogP contribution >= 0.6 is 15.9 Å². The molecule has 1 N–H and O–H groups in total. The minimum atomic E-state index is -0.0483. The fourth-order valence-electron chi connectivity index (χ4n) is 3.16. The van der Waals surface area contributed by atoms with Crippen molar-refractivity contribution in [3.05, 3.63) is 58.0 Å². The summed E-state index contributed by atoms with van der Waals surface area (Å²) in [5, 5.41) is 3.07. The lowest BCUT2D eigenvalue weighted by atomic mass is 10.1. The summed E-state index contributed by atoms with van der Waals surface area (Å²) in [7, 11) is 0. The van der Waals surface area contributed by atoms with Crippen molar-refractivity contribution in [3.8, 4) is 0 Å². The molecule has 0 saturated carbocycles. The summed E-state index contributed by atoms with van der Waals surface area (Å²) < 4.78 is 6.82. The van der Waals surface area contributed by atoms with Crippen molar-refractivity contribution in [3.63, 3.8) is 0 Å². The normalized spacial score (nSPS) is 16.8. The second-order valence-corrected chi connectivity index (χ2v) is 7.19. The van der Waals surface area contributed by atoms with Gasteiger partial charge in [0, 0.05) is 16.6 Å². The van der Waals surface area contributed by atoms with Crippen molar-refractivity contribution in [1.82, 2.24) is 10.2 Å². The first-order valence-electron chi connectivity index (χ1n) is 8.47. The molecule has 128 valence electrons. The molecule has 1 aromatic carbocycles. The second kappa shape index (κ2) is 7.99. The fraction of sp³-hybridized carbons (Fsp3) is 0.421. The Labute approximate surface area is 151 Å². The van der Waals surface area contributed by atoms with Crippen molar-refractivity contribution in [2.75, 3.05) is 19.6 Å². The lowest BCUT2D eigenvalue weighted by molar-refractivity contribution is 0.0913. The van der Waals surface area contributed by atoms with Crippen molar-refractivity contribution >= 4 is 21.8 Å². The molecule has 2 heterocycles. The molecule has 0 spiro atoms. The highest BCUT2D eigenvalue weighted by Crippen LogP contribution is 2.25. The molecule has 1 aliphatic heterocycles. The zero-order valence-corrected chi connectivity index (χ0v) is 15.5. The third-order valence-corrected chi connectivity index (χ3v) is 5.01. The molecule has 4 nitrogen and oxygen atoms in total. The van der Waals surface area contributed by atoms with Crippen LogP contribution in [0.25, 0.3) is 0 Å². The molecule has 5 heteroatoms. The smallest absolute Gasteiger partial charge is 0.251 e. The molecule has 0 radical (unpaired) electrons. The SMILES string of the molecule is Cc1ccc(C(CNC(=O)c2ccc(Br)cc2)N2CCCCC2)o1. The van der Waals surface area contributed by atoms with Gasteiger partial charge in [0.05, 0.1) is 6.04 Å². The van der Waals surface area contributed by atoms with Crippen LogP contribution in [0.3, 0.4) is 0 Å². The first kappa shape index (κ1) is 17.2. The molecular weight excluding hydrogens is 368 g/mol. The number of halogens is 1. The van der Waals surface area contributed by atoms with Crippen molar-refractivity contribution < 1.29 is 9.21 Å². The zero-order chi connectivity index (χ0) is 16.9. The van der Waals surface area contributed by atoms with Crippen molar-refractivity contribution in [2.24, 2.45) is 0 Å². The number of furan rings is 1. The quantitative estimate of drug-likeness (QED) is 0.826. The summed E-state index contributed by atoms with van der Waals surface area (Å²) in [6.45, 7) is 4.62. The summed E-state index contributed by atoms with van der Waals surface area (Å²) in [5.74, 6) is 1.80. The highest BCUT2D eigenvalue weighted by Gasteiger charge is 2.25. The van der Waals surface area contributed by atoms with Crippen LogP contribution in [0.2, 0.25) is 0 Å². The van der Waals surface area contributed by atoms with E-state index in [4.69, 9.17) is 4.42 Å². The maximum atomic E-state index is 12.4. The number of benzene rings is 1. The minimum Gasteiger partial charge on any atom is -0.465 e. The largest absolute Gasteiger partial charge is 0.465 e. The molecule has 1 amide bonds. The van der Waals surface area contributed by atoms with Gasteiger partial charge in [0.2, 0.25) is 0 Å². The van der Waals surface area contributed by atoms with Crippen LogP contribution in [0.15, 0.2) is 45.3 Å². The standard InChI is InChI=1S/C19H23BrN2O2/c1-14-5-10-18(24-14)17(22-11-3-2-4-12-22)13-21-19(23)15-6-8-16(20)9-7-15/h5-10,17H,2-4,11-13H2,1H3,(H,21,23). The van der Waals surface area contributed by atoms with E-state index in [2.05, 4.69) is 26.1 Å². The van der Waals surface area contributed by atoms with Gasteiger partial charge >= 0.3 is 0 Å². The maximum Gasteiger partial charge on any atom is 0.251 e. The van der Waals surface area contributed by atoms with E-state index in [0.29, 0.717) is 12.1 Å². The van der Waals surface area contributed by atoms with Crippen LogP contribution in [0.4, 0.5) is 0 Å². The first-order chi connectivity index (χ1) is 11.6. The Balaban J connectivity index is 1.69. The summed E-state index contributed by atoms with van der Waals surface area (Å²) >= 11 is 3.39. The number of carbonyl (C=O) groups is 1. The van der Waals surface area contributed by atoms with Gasteiger partial charge in [-0.15, -0.1) is 0 Å².